The van der Waals surface area contributed by atoms with Gasteiger partial charge >= 0.3 is 0 Å². The first kappa shape index (κ1) is 18.6. The van der Waals surface area contributed by atoms with Crippen LogP contribution in [0.5, 0.6) is 0 Å². The van der Waals surface area contributed by atoms with Crippen molar-refractivity contribution in [1.29, 1.82) is 0 Å². The maximum atomic E-state index is 12.9. The standard InChI is InChI=1S/C18H21FN2O4S/c1-13-2-7-17(25-13)18(22)20-16-8-10-21(11-9-16)26(23,24)12-14-3-5-15(19)6-4-14/h2-7,16H,8-12H2,1H3,(H,20,22). The van der Waals surface area contributed by atoms with Crippen molar-refractivity contribution in [3.05, 3.63) is 59.3 Å². The van der Waals surface area contributed by atoms with E-state index in [0.717, 1.165) is 0 Å². The Balaban J connectivity index is 1.54. The first-order valence-electron chi connectivity index (χ1n) is 8.43. The van der Waals surface area contributed by atoms with E-state index in [1.807, 2.05) is 0 Å². The van der Waals surface area contributed by atoms with Gasteiger partial charge < -0.3 is 9.73 Å². The number of sulfonamides is 1. The number of hydrogen-bond donors (Lipinski definition) is 1. The van der Waals surface area contributed by atoms with E-state index in [2.05, 4.69) is 5.32 Å². The van der Waals surface area contributed by atoms with Gasteiger partial charge in [-0.1, -0.05) is 12.1 Å². The van der Waals surface area contributed by atoms with Crippen LogP contribution >= 0.6 is 0 Å². The third-order valence-electron chi connectivity index (χ3n) is 4.41. The number of amides is 1. The third kappa shape index (κ3) is 4.50. The molecule has 0 aliphatic carbocycles. The summed E-state index contributed by atoms with van der Waals surface area (Å²) in [7, 11) is -3.47. The van der Waals surface area contributed by atoms with E-state index < -0.39 is 15.8 Å². The molecule has 1 aliphatic heterocycles. The van der Waals surface area contributed by atoms with Gasteiger partial charge in [0.2, 0.25) is 10.0 Å². The zero-order chi connectivity index (χ0) is 18.7. The molecule has 1 saturated heterocycles. The van der Waals surface area contributed by atoms with Gasteiger partial charge in [-0.3, -0.25) is 4.79 Å². The van der Waals surface area contributed by atoms with Gasteiger partial charge in [0.05, 0.1) is 5.75 Å². The Morgan fingerprint density at radius 3 is 2.42 bits per heavy atom. The Morgan fingerprint density at radius 2 is 1.85 bits per heavy atom. The zero-order valence-electron chi connectivity index (χ0n) is 14.4. The molecule has 0 radical (unpaired) electrons. The summed E-state index contributed by atoms with van der Waals surface area (Å²) in [6, 6.07) is 8.71. The molecule has 1 aromatic carbocycles. The van der Waals surface area contributed by atoms with E-state index in [-0.39, 0.29) is 23.5 Å². The molecule has 0 unspecified atom stereocenters. The Hall–Kier alpha value is -2.19. The van der Waals surface area contributed by atoms with Crippen LogP contribution in [0, 0.1) is 12.7 Å². The fourth-order valence-electron chi connectivity index (χ4n) is 2.97. The highest BCUT2D eigenvalue weighted by Gasteiger charge is 2.29. The number of aryl methyl sites for hydroxylation is 1. The fourth-order valence-corrected chi connectivity index (χ4v) is 4.54. The van der Waals surface area contributed by atoms with Crippen LogP contribution in [0.25, 0.3) is 0 Å². The van der Waals surface area contributed by atoms with Crippen LogP contribution in [0.1, 0.15) is 34.7 Å². The Bertz CT molecular complexity index is 869. The second-order valence-electron chi connectivity index (χ2n) is 6.44. The number of furan rings is 1. The molecule has 0 saturated carbocycles. The molecule has 1 N–H and O–H groups in total. The van der Waals surface area contributed by atoms with Crippen molar-refractivity contribution in [3.63, 3.8) is 0 Å². The van der Waals surface area contributed by atoms with E-state index >= 15 is 0 Å². The van der Waals surface area contributed by atoms with Crippen molar-refractivity contribution in [2.24, 2.45) is 0 Å². The van der Waals surface area contributed by atoms with Crippen LogP contribution in [-0.4, -0.2) is 37.8 Å². The monoisotopic (exact) mass is 380 g/mol. The highest BCUT2D eigenvalue weighted by atomic mass is 32.2. The lowest BCUT2D eigenvalue weighted by atomic mass is 10.1. The van der Waals surface area contributed by atoms with Gasteiger partial charge in [-0.2, -0.15) is 0 Å². The van der Waals surface area contributed by atoms with E-state index in [4.69, 9.17) is 4.42 Å². The Labute approximate surface area is 152 Å². The molecular weight excluding hydrogens is 359 g/mol. The quantitative estimate of drug-likeness (QED) is 0.864. The van der Waals surface area contributed by atoms with Gasteiger partial charge in [0.25, 0.3) is 5.91 Å². The molecule has 6 nitrogen and oxygen atoms in total. The molecular formula is C18H21FN2O4S. The minimum atomic E-state index is -3.47. The number of carbonyl (C=O) groups is 1. The molecule has 1 amide bonds. The Morgan fingerprint density at radius 1 is 1.19 bits per heavy atom. The van der Waals surface area contributed by atoms with Crippen LogP contribution in [0.4, 0.5) is 4.39 Å². The Kier molecular flexibility index (Phi) is 5.43. The highest BCUT2D eigenvalue weighted by molar-refractivity contribution is 7.88. The molecule has 2 aromatic rings. The predicted molar refractivity (Wildman–Crippen MR) is 94.5 cm³/mol. The molecule has 1 fully saturated rings. The normalized spacial score (nSPS) is 16.5. The second-order valence-corrected chi connectivity index (χ2v) is 8.41. The fraction of sp³-hybridized carbons (Fsp3) is 0.389. The minimum Gasteiger partial charge on any atom is -0.456 e. The zero-order valence-corrected chi connectivity index (χ0v) is 15.3. The summed E-state index contributed by atoms with van der Waals surface area (Å²) in [5, 5.41) is 2.88. The van der Waals surface area contributed by atoms with Crippen molar-refractivity contribution in [3.8, 4) is 0 Å². The number of piperidine rings is 1. The van der Waals surface area contributed by atoms with Gasteiger partial charge in [-0.15, -0.1) is 0 Å². The maximum absolute atomic E-state index is 12.9. The minimum absolute atomic E-state index is 0.0924. The van der Waals surface area contributed by atoms with Crippen LogP contribution in [-0.2, 0) is 15.8 Å². The van der Waals surface area contributed by atoms with Crippen LogP contribution < -0.4 is 5.32 Å². The first-order valence-corrected chi connectivity index (χ1v) is 10.0. The molecule has 0 bridgehead atoms. The maximum Gasteiger partial charge on any atom is 0.287 e. The summed E-state index contributed by atoms with van der Waals surface area (Å²) in [4.78, 5) is 12.1. The molecule has 26 heavy (non-hydrogen) atoms. The molecule has 140 valence electrons. The number of benzene rings is 1. The average molecular weight is 380 g/mol. The van der Waals surface area contributed by atoms with Crippen molar-refractivity contribution >= 4 is 15.9 Å². The van der Waals surface area contributed by atoms with E-state index in [1.165, 1.54) is 28.6 Å². The third-order valence-corrected chi connectivity index (χ3v) is 6.26. The molecule has 1 aliphatic rings. The predicted octanol–water partition coefficient (Wildman–Crippen LogP) is 2.45. The highest BCUT2D eigenvalue weighted by Crippen LogP contribution is 2.18. The lowest BCUT2D eigenvalue weighted by Crippen LogP contribution is -2.46. The number of hydrogen-bond acceptors (Lipinski definition) is 4. The van der Waals surface area contributed by atoms with Gasteiger partial charge in [0, 0.05) is 19.1 Å². The van der Waals surface area contributed by atoms with Crippen molar-refractivity contribution < 1.29 is 22.0 Å². The van der Waals surface area contributed by atoms with Crippen molar-refractivity contribution in [2.75, 3.05) is 13.1 Å². The van der Waals surface area contributed by atoms with Gasteiger partial charge in [0.15, 0.2) is 5.76 Å². The molecule has 3 rings (SSSR count). The lowest BCUT2D eigenvalue weighted by Gasteiger charge is -2.31. The molecule has 8 heteroatoms. The summed E-state index contributed by atoms with van der Waals surface area (Å²) in [5.74, 6) is 0.0848. The number of nitrogens with one attached hydrogen (secondary N) is 1. The molecule has 0 atom stereocenters. The number of rotatable bonds is 5. The summed E-state index contributed by atoms with van der Waals surface area (Å²) in [6.45, 7) is 2.44. The lowest BCUT2D eigenvalue weighted by molar-refractivity contribution is 0.0894. The molecule has 0 spiro atoms. The van der Waals surface area contributed by atoms with Crippen LogP contribution in [0.15, 0.2) is 40.8 Å². The summed E-state index contributed by atoms with van der Waals surface area (Å²) >= 11 is 0. The number of carbonyl (C=O) groups excluding carboxylic acids is 1. The van der Waals surface area contributed by atoms with Gasteiger partial charge in [-0.05, 0) is 49.6 Å². The topological polar surface area (TPSA) is 79.6 Å². The SMILES string of the molecule is Cc1ccc(C(=O)NC2CCN(S(=O)(=O)Cc3ccc(F)cc3)CC2)o1. The second kappa shape index (κ2) is 7.59. The van der Waals surface area contributed by atoms with Crippen molar-refractivity contribution in [1.82, 2.24) is 9.62 Å². The number of nitrogens with zero attached hydrogens (tertiary/aromatic N) is 1. The van der Waals surface area contributed by atoms with Gasteiger partial charge in [0.1, 0.15) is 11.6 Å². The van der Waals surface area contributed by atoms with E-state index in [0.29, 0.717) is 37.3 Å². The van der Waals surface area contributed by atoms with Crippen LogP contribution in [0.3, 0.4) is 0 Å². The largest absolute Gasteiger partial charge is 0.456 e. The summed E-state index contributed by atoms with van der Waals surface area (Å²) in [5.41, 5.74) is 0.551. The smallest absolute Gasteiger partial charge is 0.287 e. The van der Waals surface area contributed by atoms with Gasteiger partial charge in [-0.25, -0.2) is 17.1 Å². The van der Waals surface area contributed by atoms with E-state index in [1.54, 1.807) is 19.1 Å². The summed E-state index contributed by atoms with van der Waals surface area (Å²) in [6.07, 6.45) is 1.07. The van der Waals surface area contributed by atoms with E-state index in [9.17, 15) is 17.6 Å². The average Bonchev–Trinajstić information content (AvgIpc) is 3.04. The number of halogens is 1. The first-order chi connectivity index (χ1) is 12.3. The molecule has 1 aromatic heterocycles. The van der Waals surface area contributed by atoms with Crippen LogP contribution in [0.2, 0.25) is 0 Å². The molecule has 2 heterocycles. The summed E-state index contributed by atoms with van der Waals surface area (Å²) < 4.78 is 44.7. The van der Waals surface area contributed by atoms with Crippen molar-refractivity contribution in [2.45, 2.75) is 31.6 Å².